The summed E-state index contributed by atoms with van der Waals surface area (Å²) in [6, 6.07) is 96.7. The Morgan fingerprint density at radius 2 is 0.457 bits per heavy atom. The summed E-state index contributed by atoms with van der Waals surface area (Å²) < 4.78 is 27.3. The van der Waals surface area contributed by atoms with E-state index in [0.717, 1.165) is 77.2 Å². The van der Waals surface area contributed by atoms with Crippen molar-refractivity contribution in [2.24, 2.45) is 0 Å². The molecule has 0 saturated carbocycles. The monoisotopic (exact) mass is 1190 g/mol. The molecule has 434 valence electrons. The molecule has 12 aromatic carbocycles. The number of hydrogen-bond donors (Lipinski definition) is 2. The van der Waals surface area contributed by atoms with E-state index in [4.69, 9.17) is 48.9 Å². The van der Waals surface area contributed by atoms with Gasteiger partial charge in [-0.15, -0.1) is 0 Å². The van der Waals surface area contributed by atoms with Gasteiger partial charge >= 0.3 is 0 Å². The van der Waals surface area contributed by atoms with Crippen LogP contribution in [0.1, 0.15) is 0 Å². The number of aromatic nitrogens is 8. The van der Waals surface area contributed by atoms with Gasteiger partial charge in [-0.1, -0.05) is 194 Å². The van der Waals surface area contributed by atoms with Gasteiger partial charge in [-0.2, -0.15) is 0 Å². The zero-order valence-electron chi connectivity index (χ0n) is 49.0. The SMILES string of the molecule is c1ccc(-c2ccccc2Oc2ccc3c(c2)-c2nc-3nc3[nH]c(nc4nc(nc5[nH]c(n2)c2ccc(Oc6ccccc6-c6ccccc6)cc52)-c2ccc(Oc5ccccc5-c5ccccc5)cc2-4)c2ccc(Oc4ccccc4-c4ccccc4)cc32)cc1. The first kappa shape index (κ1) is 53.4. The first-order chi connectivity index (χ1) is 45.5. The smallest absolute Gasteiger partial charge is 0.164 e. The van der Waals surface area contributed by atoms with Crippen molar-refractivity contribution in [3.8, 4) is 136 Å². The molecule has 0 amide bonds. The Bertz CT molecular complexity index is 5200. The molecule has 2 N–H and O–H groups in total. The van der Waals surface area contributed by atoms with Crippen LogP contribution in [0.4, 0.5) is 0 Å². The number of benzene rings is 12. The van der Waals surface area contributed by atoms with Crippen LogP contribution >= 0.6 is 0 Å². The van der Waals surface area contributed by atoms with Crippen LogP contribution in [-0.2, 0) is 0 Å². The van der Waals surface area contributed by atoms with Gasteiger partial charge < -0.3 is 28.9 Å². The largest absolute Gasteiger partial charge is 0.457 e. The maximum atomic E-state index is 6.82. The highest BCUT2D eigenvalue weighted by Crippen LogP contribution is 2.45. The van der Waals surface area contributed by atoms with E-state index < -0.39 is 0 Å². The van der Waals surface area contributed by atoms with Gasteiger partial charge in [0.1, 0.15) is 68.6 Å². The summed E-state index contributed by atoms with van der Waals surface area (Å²) in [6.45, 7) is 0. The van der Waals surface area contributed by atoms with E-state index in [2.05, 4.69) is 82.8 Å². The van der Waals surface area contributed by atoms with Crippen LogP contribution in [0.3, 0.4) is 0 Å². The first-order valence-electron chi connectivity index (χ1n) is 30.2. The predicted octanol–water partition coefficient (Wildman–Crippen LogP) is 20.7. The van der Waals surface area contributed by atoms with Crippen molar-refractivity contribution >= 4 is 44.1 Å². The number of para-hydroxylation sites is 4. The average molecular weight is 1190 g/mol. The van der Waals surface area contributed by atoms with Gasteiger partial charge in [0.05, 0.1) is 0 Å². The predicted molar refractivity (Wildman–Crippen MR) is 364 cm³/mol. The van der Waals surface area contributed by atoms with Crippen LogP contribution in [0.2, 0.25) is 0 Å². The Balaban J connectivity index is 0.886. The molecule has 17 rings (SSSR count). The maximum Gasteiger partial charge on any atom is 0.164 e. The lowest BCUT2D eigenvalue weighted by Gasteiger charge is -2.12. The summed E-state index contributed by atoms with van der Waals surface area (Å²) in [5.41, 5.74) is 12.9. The number of nitrogens with zero attached hydrogens (tertiary/aromatic N) is 6. The summed E-state index contributed by atoms with van der Waals surface area (Å²) in [6.07, 6.45) is 0. The summed E-state index contributed by atoms with van der Waals surface area (Å²) >= 11 is 0. The number of H-pyrrole nitrogens is 2. The first-order valence-corrected chi connectivity index (χ1v) is 30.2. The van der Waals surface area contributed by atoms with Crippen molar-refractivity contribution < 1.29 is 18.9 Å². The van der Waals surface area contributed by atoms with Crippen LogP contribution < -0.4 is 18.9 Å². The molecule has 15 aromatic rings. The minimum Gasteiger partial charge on any atom is -0.457 e. The summed E-state index contributed by atoms with van der Waals surface area (Å²) in [7, 11) is 0. The summed E-state index contributed by atoms with van der Waals surface area (Å²) in [5, 5.41) is 3.01. The second-order valence-electron chi connectivity index (χ2n) is 22.3. The fraction of sp³-hybridized carbons (Fsp3) is 0. The number of nitrogens with one attached hydrogen (secondary N) is 2. The van der Waals surface area contributed by atoms with Crippen molar-refractivity contribution in [2.75, 3.05) is 0 Å². The summed E-state index contributed by atoms with van der Waals surface area (Å²) in [4.78, 5) is 39.6. The lowest BCUT2D eigenvalue weighted by Crippen LogP contribution is -1.90. The maximum absolute atomic E-state index is 6.82. The molecule has 0 fully saturated rings. The van der Waals surface area contributed by atoms with E-state index in [1.165, 1.54) is 0 Å². The van der Waals surface area contributed by atoms with Crippen molar-refractivity contribution in [3.63, 3.8) is 0 Å². The summed E-state index contributed by atoms with van der Waals surface area (Å²) in [5.74, 6) is 6.83. The fourth-order valence-corrected chi connectivity index (χ4v) is 12.1. The number of ether oxygens (including phenoxy) is 4. The van der Waals surface area contributed by atoms with Crippen LogP contribution in [-0.4, -0.2) is 39.9 Å². The molecular formula is C80H50N8O4. The third-order valence-electron chi connectivity index (χ3n) is 16.5. The number of aromatic amines is 2. The van der Waals surface area contributed by atoms with E-state index >= 15 is 0 Å². The quantitative estimate of drug-likeness (QED) is 0.121. The third-order valence-corrected chi connectivity index (χ3v) is 16.5. The highest BCUT2D eigenvalue weighted by Gasteiger charge is 2.25. The molecule has 0 radical (unpaired) electrons. The van der Waals surface area contributed by atoms with Gasteiger partial charge in [-0.25, -0.2) is 29.9 Å². The number of rotatable bonds is 12. The lowest BCUT2D eigenvalue weighted by molar-refractivity contribution is 0.484. The van der Waals surface area contributed by atoms with Gasteiger partial charge in [0, 0.05) is 66.1 Å². The van der Waals surface area contributed by atoms with Gasteiger partial charge in [0.2, 0.25) is 0 Å². The standard InChI is InChI=1S/C80H50N8O4/c1-5-21-49(22-6-1)57-29-13-17-33-69(57)89-53-37-41-61-65(45-53)77-81-73(61)86-78-67-47-55(91-71-35-19-15-31-59(71)51-25-9-3-10-26-51)39-43-63(67)75(83-78)88-80-68-48-56(92-72-36-20-16-32-60(72)52-27-11-4-12-28-52)40-44-64(68)76(84-80)87-79-66-46-54(38-42-62(66)74(82-79)85-77)90-70-34-18-14-30-58(70)50-23-7-2-8-24-50/h1-48H,(H2,81,82,83,84,85,86,87,88). The minimum absolute atomic E-state index is 0.405. The Hall–Kier alpha value is -12.8. The number of hydrogen-bond acceptors (Lipinski definition) is 10. The van der Waals surface area contributed by atoms with Crippen molar-refractivity contribution in [2.45, 2.75) is 0 Å². The highest BCUT2D eigenvalue weighted by atomic mass is 16.5. The average Bonchev–Trinajstić information content (AvgIpc) is 1.63. The molecule has 3 aromatic heterocycles. The number of fused-ring (bicyclic) bond motifs is 20. The van der Waals surface area contributed by atoms with E-state index in [1.807, 2.05) is 218 Å². The Morgan fingerprint density at radius 3 is 0.783 bits per heavy atom. The van der Waals surface area contributed by atoms with Crippen molar-refractivity contribution in [1.29, 1.82) is 0 Å². The normalized spacial score (nSPS) is 11.5. The molecule has 0 spiro atoms. The molecule has 0 atom stereocenters. The second-order valence-corrected chi connectivity index (χ2v) is 22.3. The van der Waals surface area contributed by atoms with Crippen molar-refractivity contribution in [3.05, 3.63) is 291 Å². The van der Waals surface area contributed by atoms with Gasteiger partial charge in [0.15, 0.2) is 23.3 Å². The molecule has 0 unspecified atom stereocenters. The van der Waals surface area contributed by atoms with Gasteiger partial charge in [-0.05, 0) is 119 Å². The van der Waals surface area contributed by atoms with Gasteiger partial charge in [-0.3, -0.25) is 0 Å². The van der Waals surface area contributed by atoms with Crippen LogP contribution in [0.5, 0.6) is 46.0 Å². The Labute approximate surface area is 527 Å². The molecule has 2 aliphatic rings. The third kappa shape index (κ3) is 10.0. The van der Waals surface area contributed by atoms with Crippen molar-refractivity contribution in [1.82, 2.24) is 39.9 Å². The molecule has 12 heteroatoms. The fourth-order valence-electron chi connectivity index (χ4n) is 12.1. The van der Waals surface area contributed by atoms with Crippen LogP contribution in [0, 0.1) is 0 Å². The molecule has 5 heterocycles. The molecule has 0 aliphatic carbocycles. The molecular weight excluding hydrogens is 1140 g/mol. The molecule has 12 nitrogen and oxygen atoms in total. The van der Waals surface area contributed by atoms with E-state index in [0.29, 0.717) is 103 Å². The van der Waals surface area contributed by atoms with E-state index in [-0.39, 0.29) is 0 Å². The second kappa shape index (κ2) is 22.7. The minimum atomic E-state index is 0.405. The zero-order chi connectivity index (χ0) is 60.9. The topological polar surface area (TPSA) is 146 Å². The van der Waals surface area contributed by atoms with E-state index in [9.17, 15) is 0 Å². The molecule has 0 saturated heterocycles. The van der Waals surface area contributed by atoms with Crippen LogP contribution in [0.15, 0.2) is 291 Å². The highest BCUT2D eigenvalue weighted by molar-refractivity contribution is 6.07. The van der Waals surface area contributed by atoms with E-state index in [1.54, 1.807) is 0 Å². The zero-order valence-corrected chi connectivity index (χ0v) is 49.0. The molecule has 92 heavy (non-hydrogen) atoms. The van der Waals surface area contributed by atoms with Gasteiger partial charge in [0.25, 0.3) is 0 Å². The molecule has 2 aliphatic heterocycles. The molecule has 8 bridgehead atoms. The lowest BCUT2D eigenvalue weighted by atomic mass is 10.0. The Morgan fingerprint density at radius 1 is 0.196 bits per heavy atom. The Kier molecular flexibility index (Phi) is 13.2. The van der Waals surface area contributed by atoms with Crippen LogP contribution in [0.25, 0.3) is 134 Å².